The lowest BCUT2D eigenvalue weighted by Crippen LogP contribution is -2.41. The Kier molecular flexibility index (Phi) is 8.78. The van der Waals surface area contributed by atoms with Crippen LogP contribution < -0.4 is 5.32 Å². The molecule has 3 rings (SSSR count). The van der Waals surface area contributed by atoms with Crippen molar-refractivity contribution in [3.05, 3.63) is 35.2 Å². The standard InChI is InChI=1S/C18H24ClN5O2.HI/c1-3-20-18(24(2)11-13-7-8-25-12-13)21-10-16-22-17(23-26-16)14-5-4-6-15(19)9-14;/h4-6,9,13H,3,7-8,10-12H2,1-2H3,(H,20,21);1H. The van der Waals surface area contributed by atoms with Crippen LogP contribution in [0.15, 0.2) is 33.8 Å². The highest BCUT2D eigenvalue weighted by atomic mass is 127. The first kappa shape index (κ1) is 21.9. The minimum atomic E-state index is 0. The molecule has 0 bridgehead atoms. The molecule has 0 radical (unpaired) electrons. The molecule has 2 aromatic rings. The predicted octanol–water partition coefficient (Wildman–Crippen LogP) is 3.44. The van der Waals surface area contributed by atoms with Gasteiger partial charge in [0.25, 0.3) is 0 Å². The Balaban J connectivity index is 0.00000261. The number of hydrogen-bond donors (Lipinski definition) is 1. The maximum Gasteiger partial charge on any atom is 0.248 e. The van der Waals surface area contributed by atoms with Crippen molar-refractivity contribution < 1.29 is 9.26 Å². The van der Waals surface area contributed by atoms with E-state index in [4.69, 9.17) is 20.9 Å². The molecule has 0 amide bonds. The molecule has 1 N–H and O–H groups in total. The summed E-state index contributed by atoms with van der Waals surface area (Å²) in [6, 6.07) is 7.37. The van der Waals surface area contributed by atoms with Crippen LogP contribution in [0.25, 0.3) is 11.4 Å². The highest BCUT2D eigenvalue weighted by Crippen LogP contribution is 2.20. The first-order valence-corrected chi connectivity index (χ1v) is 9.19. The first-order chi connectivity index (χ1) is 12.7. The van der Waals surface area contributed by atoms with Crippen molar-refractivity contribution in [3.63, 3.8) is 0 Å². The fourth-order valence-electron chi connectivity index (χ4n) is 2.88. The smallest absolute Gasteiger partial charge is 0.248 e. The summed E-state index contributed by atoms with van der Waals surface area (Å²) >= 11 is 6.01. The number of ether oxygens (including phenoxy) is 1. The van der Waals surface area contributed by atoms with E-state index in [9.17, 15) is 0 Å². The van der Waals surface area contributed by atoms with Crippen LogP contribution in [0.4, 0.5) is 0 Å². The third-order valence-corrected chi connectivity index (χ3v) is 4.40. The number of hydrogen-bond acceptors (Lipinski definition) is 5. The van der Waals surface area contributed by atoms with E-state index in [2.05, 4.69) is 25.3 Å². The number of rotatable bonds is 6. The van der Waals surface area contributed by atoms with Gasteiger partial charge in [-0.1, -0.05) is 28.9 Å². The monoisotopic (exact) mass is 505 g/mol. The first-order valence-electron chi connectivity index (χ1n) is 8.81. The predicted molar refractivity (Wildman–Crippen MR) is 117 cm³/mol. The summed E-state index contributed by atoms with van der Waals surface area (Å²) in [5.41, 5.74) is 0.821. The zero-order valence-corrected chi connectivity index (χ0v) is 18.6. The lowest BCUT2D eigenvalue weighted by atomic mass is 10.1. The number of aromatic nitrogens is 2. The summed E-state index contributed by atoms with van der Waals surface area (Å²) in [5.74, 6) is 2.34. The van der Waals surface area contributed by atoms with Crippen molar-refractivity contribution in [3.8, 4) is 11.4 Å². The number of aliphatic imine (C=N–C) groups is 1. The Morgan fingerprint density at radius 3 is 3.00 bits per heavy atom. The highest BCUT2D eigenvalue weighted by molar-refractivity contribution is 14.0. The maximum absolute atomic E-state index is 6.01. The third kappa shape index (κ3) is 6.32. The Morgan fingerprint density at radius 1 is 1.44 bits per heavy atom. The lowest BCUT2D eigenvalue weighted by Gasteiger charge is -2.24. The highest BCUT2D eigenvalue weighted by Gasteiger charge is 2.19. The Hall–Kier alpha value is -1.39. The van der Waals surface area contributed by atoms with E-state index >= 15 is 0 Å². The molecule has 1 atom stereocenters. The second kappa shape index (κ2) is 10.8. The minimum Gasteiger partial charge on any atom is -0.381 e. The van der Waals surface area contributed by atoms with Crippen molar-refractivity contribution in [2.45, 2.75) is 19.9 Å². The van der Waals surface area contributed by atoms with Gasteiger partial charge in [-0.25, -0.2) is 4.99 Å². The van der Waals surface area contributed by atoms with Crippen molar-refractivity contribution in [2.75, 3.05) is 33.4 Å². The summed E-state index contributed by atoms with van der Waals surface area (Å²) < 4.78 is 10.8. The van der Waals surface area contributed by atoms with Gasteiger partial charge in [-0.2, -0.15) is 4.98 Å². The summed E-state index contributed by atoms with van der Waals surface area (Å²) in [6.45, 7) is 5.73. The van der Waals surface area contributed by atoms with Gasteiger partial charge in [0, 0.05) is 43.2 Å². The van der Waals surface area contributed by atoms with Gasteiger partial charge < -0.3 is 19.5 Å². The number of nitrogens with one attached hydrogen (secondary N) is 1. The molecule has 0 spiro atoms. The molecule has 0 saturated carbocycles. The van der Waals surface area contributed by atoms with Gasteiger partial charge in [-0.15, -0.1) is 24.0 Å². The second-order valence-corrected chi connectivity index (χ2v) is 6.74. The van der Waals surface area contributed by atoms with E-state index in [-0.39, 0.29) is 24.0 Å². The fraction of sp³-hybridized carbons (Fsp3) is 0.500. The van der Waals surface area contributed by atoms with E-state index in [1.54, 1.807) is 6.07 Å². The molecule has 1 fully saturated rings. The zero-order valence-electron chi connectivity index (χ0n) is 15.5. The van der Waals surface area contributed by atoms with Gasteiger partial charge in [0.05, 0.1) is 6.61 Å². The molecule has 7 nitrogen and oxygen atoms in total. The number of halogens is 2. The molecule has 27 heavy (non-hydrogen) atoms. The fourth-order valence-corrected chi connectivity index (χ4v) is 3.07. The van der Waals surface area contributed by atoms with E-state index < -0.39 is 0 Å². The molecule has 1 saturated heterocycles. The Labute approximate surface area is 181 Å². The molecule has 1 unspecified atom stereocenters. The van der Waals surface area contributed by atoms with Gasteiger partial charge in [0.2, 0.25) is 11.7 Å². The van der Waals surface area contributed by atoms with Crippen molar-refractivity contribution >= 4 is 41.5 Å². The van der Waals surface area contributed by atoms with Crippen LogP contribution in [0.1, 0.15) is 19.2 Å². The van der Waals surface area contributed by atoms with Crippen LogP contribution >= 0.6 is 35.6 Å². The van der Waals surface area contributed by atoms with E-state index in [0.29, 0.717) is 29.2 Å². The zero-order chi connectivity index (χ0) is 18.4. The SMILES string of the molecule is CCNC(=NCc1nc(-c2cccc(Cl)c2)no1)N(C)CC1CCOC1.I. The second-order valence-electron chi connectivity index (χ2n) is 6.30. The molecule has 9 heteroatoms. The van der Waals surface area contributed by atoms with Crippen molar-refractivity contribution in [2.24, 2.45) is 10.9 Å². The average Bonchev–Trinajstić information content (AvgIpc) is 3.30. The Morgan fingerprint density at radius 2 is 2.30 bits per heavy atom. The maximum atomic E-state index is 6.01. The minimum absolute atomic E-state index is 0. The van der Waals surface area contributed by atoms with Gasteiger partial charge in [-0.05, 0) is 25.5 Å². The molecule has 148 valence electrons. The van der Waals surface area contributed by atoms with E-state index in [0.717, 1.165) is 44.2 Å². The molecule has 1 aromatic carbocycles. The summed E-state index contributed by atoms with van der Waals surface area (Å²) in [4.78, 5) is 11.1. The lowest BCUT2D eigenvalue weighted by molar-refractivity contribution is 0.181. The van der Waals surface area contributed by atoms with Crippen molar-refractivity contribution in [1.82, 2.24) is 20.4 Å². The quantitative estimate of drug-likeness (QED) is 0.368. The average molecular weight is 506 g/mol. The Bertz CT molecular complexity index is 749. The van der Waals surface area contributed by atoms with Gasteiger partial charge >= 0.3 is 0 Å². The molecule has 0 aliphatic carbocycles. The van der Waals surface area contributed by atoms with Gasteiger partial charge in [-0.3, -0.25) is 0 Å². The van der Waals surface area contributed by atoms with Crippen LogP contribution in [0.5, 0.6) is 0 Å². The van der Waals surface area contributed by atoms with E-state index in [1.807, 2.05) is 32.2 Å². The molecular weight excluding hydrogens is 481 g/mol. The van der Waals surface area contributed by atoms with Crippen LogP contribution in [0.3, 0.4) is 0 Å². The van der Waals surface area contributed by atoms with Crippen LogP contribution in [0, 0.1) is 5.92 Å². The summed E-state index contributed by atoms with van der Waals surface area (Å²) in [5, 5.41) is 7.95. The van der Waals surface area contributed by atoms with Crippen LogP contribution in [-0.4, -0.2) is 54.4 Å². The molecule has 1 aromatic heterocycles. The molecule has 1 aliphatic heterocycles. The largest absolute Gasteiger partial charge is 0.381 e. The number of nitrogens with zero attached hydrogens (tertiary/aromatic N) is 4. The summed E-state index contributed by atoms with van der Waals surface area (Å²) in [7, 11) is 2.03. The van der Waals surface area contributed by atoms with Crippen LogP contribution in [-0.2, 0) is 11.3 Å². The van der Waals surface area contributed by atoms with E-state index in [1.165, 1.54) is 0 Å². The number of guanidine groups is 1. The number of benzene rings is 1. The van der Waals surface area contributed by atoms with Gasteiger partial charge in [0.15, 0.2) is 5.96 Å². The normalized spacial score (nSPS) is 16.9. The molecule has 2 heterocycles. The summed E-state index contributed by atoms with van der Waals surface area (Å²) in [6.07, 6.45) is 1.09. The molecule has 1 aliphatic rings. The molecular formula is C18H25ClIN5O2. The van der Waals surface area contributed by atoms with Crippen molar-refractivity contribution in [1.29, 1.82) is 0 Å². The van der Waals surface area contributed by atoms with Crippen LogP contribution in [0.2, 0.25) is 5.02 Å². The topological polar surface area (TPSA) is 75.8 Å². The third-order valence-electron chi connectivity index (χ3n) is 4.17. The van der Waals surface area contributed by atoms with Gasteiger partial charge in [0.1, 0.15) is 6.54 Å².